The first-order chi connectivity index (χ1) is 13.1. The van der Waals surface area contributed by atoms with Gasteiger partial charge in [-0.3, -0.25) is 9.59 Å². The third-order valence-corrected chi connectivity index (χ3v) is 6.06. The smallest absolute Gasteiger partial charge is 0.159 e. The Balaban J connectivity index is 1.87. The average Bonchev–Trinajstić information content (AvgIpc) is 2.72. The Morgan fingerprint density at radius 1 is 0.852 bits per heavy atom. The normalized spacial score (nSPS) is 16.1. The standard InChI is InChI=1S/C25H30O2/c1-3-4-8-24(27)25(17-6-5-7-18-25)23-15-13-22(14-16-23)21-11-9-20(10-12-21)19(2)26/h9-16H,3-8,17-18H2,1-2H3. The van der Waals surface area contributed by atoms with Crippen LogP contribution < -0.4 is 0 Å². The van der Waals surface area contributed by atoms with Gasteiger partial charge in [0.1, 0.15) is 5.78 Å². The molecule has 0 amide bonds. The molecule has 0 aromatic heterocycles. The molecule has 3 rings (SSSR count). The van der Waals surface area contributed by atoms with E-state index >= 15 is 0 Å². The second-order valence-electron chi connectivity index (χ2n) is 7.88. The van der Waals surface area contributed by atoms with Gasteiger partial charge in [0.25, 0.3) is 0 Å². The minimum absolute atomic E-state index is 0.0849. The summed E-state index contributed by atoms with van der Waals surface area (Å²) in [6, 6.07) is 16.3. The van der Waals surface area contributed by atoms with Crippen molar-refractivity contribution in [2.45, 2.75) is 70.6 Å². The van der Waals surface area contributed by atoms with E-state index in [0.717, 1.165) is 55.2 Å². The highest BCUT2D eigenvalue weighted by Gasteiger charge is 2.39. The van der Waals surface area contributed by atoms with Crippen LogP contribution in [0.5, 0.6) is 0 Å². The van der Waals surface area contributed by atoms with Gasteiger partial charge in [0.2, 0.25) is 0 Å². The summed E-state index contributed by atoms with van der Waals surface area (Å²) >= 11 is 0. The Kier molecular flexibility index (Phi) is 6.26. The van der Waals surface area contributed by atoms with Crippen molar-refractivity contribution in [3.8, 4) is 11.1 Å². The minimum atomic E-state index is -0.273. The molecule has 1 saturated carbocycles. The third kappa shape index (κ3) is 4.21. The first-order valence-corrected chi connectivity index (χ1v) is 10.3. The summed E-state index contributed by atoms with van der Waals surface area (Å²) in [7, 11) is 0. The summed E-state index contributed by atoms with van der Waals surface area (Å²) in [6.07, 6.45) is 8.26. The van der Waals surface area contributed by atoms with Gasteiger partial charge in [0, 0.05) is 12.0 Å². The molecule has 0 heterocycles. The van der Waals surface area contributed by atoms with E-state index in [4.69, 9.17) is 0 Å². The highest BCUT2D eigenvalue weighted by Crippen LogP contribution is 2.42. The lowest BCUT2D eigenvalue weighted by Gasteiger charge is -2.36. The van der Waals surface area contributed by atoms with Gasteiger partial charge in [-0.25, -0.2) is 0 Å². The van der Waals surface area contributed by atoms with Crippen molar-refractivity contribution in [3.63, 3.8) is 0 Å². The molecule has 0 aliphatic heterocycles. The lowest BCUT2D eigenvalue weighted by molar-refractivity contribution is -0.126. The number of hydrogen-bond acceptors (Lipinski definition) is 2. The highest BCUT2D eigenvalue weighted by atomic mass is 16.1. The van der Waals surface area contributed by atoms with E-state index in [-0.39, 0.29) is 11.2 Å². The van der Waals surface area contributed by atoms with Crippen LogP contribution in [0.15, 0.2) is 48.5 Å². The van der Waals surface area contributed by atoms with E-state index in [1.165, 1.54) is 12.0 Å². The van der Waals surface area contributed by atoms with Gasteiger partial charge < -0.3 is 0 Å². The SMILES string of the molecule is CCCCC(=O)C1(c2ccc(-c3ccc(C(C)=O)cc3)cc2)CCCCC1. The van der Waals surface area contributed by atoms with E-state index < -0.39 is 0 Å². The average molecular weight is 363 g/mol. The summed E-state index contributed by atoms with van der Waals surface area (Å²) in [4.78, 5) is 24.6. The maximum atomic E-state index is 13.1. The van der Waals surface area contributed by atoms with Gasteiger partial charge in [-0.15, -0.1) is 0 Å². The molecule has 1 aliphatic carbocycles. The second-order valence-corrected chi connectivity index (χ2v) is 7.88. The van der Waals surface area contributed by atoms with Crippen LogP contribution in [-0.2, 0) is 10.2 Å². The Hall–Kier alpha value is -2.22. The minimum Gasteiger partial charge on any atom is -0.299 e. The molecule has 0 radical (unpaired) electrons. The molecule has 2 aromatic carbocycles. The van der Waals surface area contributed by atoms with Crippen molar-refractivity contribution in [1.29, 1.82) is 0 Å². The van der Waals surface area contributed by atoms with Crippen molar-refractivity contribution < 1.29 is 9.59 Å². The maximum absolute atomic E-state index is 13.1. The molecule has 0 N–H and O–H groups in total. The zero-order chi connectivity index (χ0) is 19.3. The van der Waals surface area contributed by atoms with E-state index in [2.05, 4.69) is 31.2 Å². The zero-order valence-corrected chi connectivity index (χ0v) is 16.6. The lowest BCUT2D eigenvalue weighted by Crippen LogP contribution is -2.37. The van der Waals surface area contributed by atoms with Crippen LogP contribution in [0.4, 0.5) is 0 Å². The van der Waals surface area contributed by atoms with Crippen LogP contribution in [0.1, 0.15) is 81.1 Å². The van der Waals surface area contributed by atoms with Crippen molar-refractivity contribution in [3.05, 3.63) is 59.7 Å². The van der Waals surface area contributed by atoms with E-state index in [1.54, 1.807) is 6.92 Å². The summed E-state index contributed by atoms with van der Waals surface area (Å²) in [5, 5.41) is 0. The first kappa shape index (κ1) is 19.5. The van der Waals surface area contributed by atoms with Gasteiger partial charge in [-0.05, 0) is 42.9 Å². The van der Waals surface area contributed by atoms with Crippen molar-refractivity contribution in [1.82, 2.24) is 0 Å². The molecule has 0 spiro atoms. The fourth-order valence-corrected chi connectivity index (χ4v) is 4.34. The number of unbranched alkanes of at least 4 members (excludes halogenated alkanes) is 1. The molecule has 27 heavy (non-hydrogen) atoms. The molecule has 0 saturated heterocycles. The molecule has 2 aromatic rings. The number of hydrogen-bond donors (Lipinski definition) is 0. The van der Waals surface area contributed by atoms with Crippen LogP contribution in [-0.4, -0.2) is 11.6 Å². The van der Waals surface area contributed by atoms with E-state index in [0.29, 0.717) is 12.2 Å². The van der Waals surface area contributed by atoms with Gasteiger partial charge in [0.15, 0.2) is 5.78 Å². The first-order valence-electron chi connectivity index (χ1n) is 10.3. The molecule has 142 valence electrons. The summed E-state index contributed by atoms with van der Waals surface area (Å²) in [5.41, 5.74) is 3.87. The number of benzene rings is 2. The van der Waals surface area contributed by atoms with E-state index in [9.17, 15) is 9.59 Å². The largest absolute Gasteiger partial charge is 0.299 e. The second kappa shape index (κ2) is 8.65. The number of carbonyl (C=O) groups excluding carboxylic acids is 2. The molecule has 0 atom stereocenters. The molecule has 1 fully saturated rings. The quantitative estimate of drug-likeness (QED) is 0.526. The maximum Gasteiger partial charge on any atom is 0.159 e. The van der Waals surface area contributed by atoms with Crippen molar-refractivity contribution in [2.24, 2.45) is 0 Å². The van der Waals surface area contributed by atoms with Crippen LogP contribution in [0.3, 0.4) is 0 Å². The monoisotopic (exact) mass is 362 g/mol. The van der Waals surface area contributed by atoms with Gasteiger partial charge in [0.05, 0.1) is 5.41 Å². The molecule has 0 bridgehead atoms. The molecule has 2 heteroatoms. The van der Waals surface area contributed by atoms with Gasteiger partial charge in [-0.2, -0.15) is 0 Å². The predicted molar refractivity (Wildman–Crippen MR) is 111 cm³/mol. The molecular weight excluding hydrogens is 332 g/mol. The van der Waals surface area contributed by atoms with Crippen LogP contribution >= 0.6 is 0 Å². The number of rotatable bonds is 7. The number of Topliss-reactive ketones (excluding diaryl/α,β-unsaturated/α-hetero) is 2. The van der Waals surface area contributed by atoms with Crippen LogP contribution in [0.25, 0.3) is 11.1 Å². The summed E-state index contributed by atoms with van der Waals surface area (Å²) < 4.78 is 0. The molecule has 1 aliphatic rings. The summed E-state index contributed by atoms with van der Waals surface area (Å²) in [6.45, 7) is 3.73. The van der Waals surface area contributed by atoms with E-state index in [1.807, 2.05) is 24.3 Å². The predicted octanol–water partition coefficient (Wildman–Crippen LogP) is 6.52. The van der Waals surface area contributed by atoms with Gasteiger partial charge in [-0.1, -0.05) is 81.1 Å². The van der Waals surface area contributed by atoms with Crippen LogP contribution in [0, 0.1) is 0 Å². The Morgan fingerprint density at radius 3 is 1.93 bits per heavy atom. The molecule has 2 nitrogen and oxygen atoms in total. The fourth-order valence-electron chi connectivity index (χ4n) is 4.34. The Labute approximate surface area is 163 Å². The Morgan fingerprint density at radius 2 is 1.41 bits per heavy atom. The fraction of sp³-hybridized carbons (Fsp3) is 0.440. The topological polar surface area (TPSA) is 34.1 Å². The van der Waals surface area contributed by atoms with Gasteiger partial charge >= 0.3 is 0 Å². The summed E-state index contributed by atoms with van der Waals surface area (Å²) in [5.74, 6) is 0.518. The highest BCUT2D eigenvalue weighted by molar-refractivity contribution is 5.94. The van der Waals surface area contributed by atoms with Crippen molar-refractivity contribution >= 4 is 11.6 Å². The van der Waals surface area contributed by atoms with Crippen molar-refractivity contribution in [2.75, 3.05) is 0 Å². The molecular formula is C25H30O2. The molecule has 0 unspecified atom stereocenters. The Bertz CT molecular complexity index is 778. The zero-order valence-electron chi connectivity index (χ0n) is 16.6. The number of carbonyl (C=O) groups is 2. The van der Waals surface area contributed by atoms with Crippen LogP contribution in [0.2, 0.25) is 0 Å². The number of ketones is 2. The third-order valence-electron chi connectivity index (χ3n) is 6.06. The lowest BCUT2D eigenvalue weighted by atomic mass is 9.65.